The maximum Gasteiger partial charge on any atom is 0.257 e. The molecule has 0 spiro atoms. The number of carbonyl (C=O) groups excluding carboxylic acids is 2. The van der Waals surface area contributed by atoms with Crippen LogP contribution in [0.1, 0.15) is 36.5 Å². The Balaban J connectivity index is 1.66. The second kappa shape index (κ2) is 9.02. The monoisotopic (exact) mass is 385 g/mol. The van der Waals surface area contributed by atoms with Gasteiger partial charge in [0.15, 0.2) is 0 Å². The van der Waals surface area contributed by atoms with Crippen molar-refractivity contribution in [3.8, 4) is 0 Å². The van der Waals surface area contributed by atoms with Crippen LogP contribution in [0.4, 0.5) is 11.4 Å². The number of carbonyl (C=O) groups is 2. The molecule has 1 heterocycles. The molecule has 1 fully saturated rings. The zero-order valence-electron chi connectivity index (χ0n) is 15.4. The fourth-order valence-corrected chi connectivity index (χ4v) is 3.41. The van der Waals surface area contributed by atoms with Crippen molar-refractivity contribution in [2.75, 3.05) is 23.7 Å². The van der Waals surface area contributed by atoms with Gasteiger partial charge in [-0.2, -0.15) is 0 Å². The molecule has 6 heteroatoms. The van der Waals surface area contributed by atoms with Gasteiger partial charge in [-0.3, -0.25) is 14.5 Å². The molecule has 0 aromatic heterocycles. The first kappa shape index (κ1) is 19.4. The summed E-state index contributed by atoms with van der Waals surface area (Å²) in [4.78, 5) is 27.3. The fraction of sp³-hybridized carbons (Fsp3) is 0.333. The normalized spacial score (nSPS) is 17.3. The topological polar surface area (TPSA) is 61.4 Å². The van der Waals surface area contributed by atoms with E-state index in [1.807, 2.05) is 0 Å². The number of anilines is 2. The van der Waals surface area contributed by atoms with Crippen molar-refractivity contribution >= 4 is 34.8 Å². The van der Waals surface area contributed by atoms with Gasteiger partial charge in [-0.15, -0.1) is 0 Å². The first-order chi connectivity index (χ1) is 13.0. The van der Waals surface area contributed by atoms with Gasteiger partial charge in [-0.25, -0.2) is 0 Å². The number of piperidine rings is 1. The van der Waals surface area contributed by atoms with Gasteiger partial charge in [0.2, 0.25) is 5.91 Å². The van der Waals surface area contributed by atoms with Gasteiger partial charge >= 0.3 is 0 Å². The van der Waals surface area contributed by atoms with Gasteiger partial charge in [-0.05, 0) is 62.7 Å². The second-order valence-electron chi connectivity index (χ2n) is 6.87. The van der Waals surface area contributed by atoms with Gasteiger partial charge in [0, 0.05) is 16.8 Å². The van der Waals surface area contributed by atoms with Gasteiger partial charge in [0.1, 0.15) is 0 Å². The van der Waals surface area contributed by atoms with E-state index in [-0.39, 0.29) is 11.8 Å². The Bertz CT molecular complexity index is 807. The molecule has 2 amide bonds. The molecule has 1 unspecified atom stereocenters. The Labute approximate surface area is 164 Å². The predicted octanol–water partition coefficient (Wildman–Crippen LogP) is 4.41. The lowest BCUT2D eigenvalue weighted by molar-refractivity contribution is -0.118. The Morgan fingerprint density at radius 1 is 1.07 bits per heavy atom. The van der Waals surface area contributed by atoms with E-state index in [0.29, 0.717) is 34.5 Å². The highest BCUT2D eigenvalue weighted by atomic mass is 35.5. The van der Waals surface area contributed by atoms with E-state index in [1.54, 1.807) is 48.5 Å². The number of rotatable bonds is 5. The maximum atomic E-state index is 12.6. The van der Waals surface area contributed by atoms with Crippen LogP contribution in [0.15, 0.2) is 48.5 Å². The molecule has 27 heavy (non-hydrogen) atoms. The second-order valence-corrected chi connectivity index (χ2v) is 7.31. The summed E-state index contributed by atoms with van der Waals surface area (Å²) in [6.07, 6.45) is 3.46. The minimum Gasteiger partial charge on any atom is -0.324 e. The molecular formula is C21H24ClN3O2. The quantitative estimate of drug-likeness (QED) is 0.801. The molecule has 2 aromatic carbocycles. The third-order valence-electron chi connectivity index (χ3n) is 4.84. The lowest BCUT2D eigenvalue weighted by atomic mass is 10.0. The lowest BCUT2D eigenvalue weighted by Gasteiger charge is -2.32. The van der Waals surface area contributed by atoms with Crippen molar-refractivity contribution in [2.24, 2.45) is 0 Å². The number of para-hydroxylation sites is 1. The van der Waals surface area contributed by atoms with Gasteiger partial charge in [-0.1, -0.05) is 30.2 Å². The zero-order valence-corrected chi connectivity index (χ0v) is 16.1. The van der Waals surface area contributed by atoms with Crippen LogP contribution in [0, 0.1) is 0 Å². The zero-order chi connectivity index (χ0) is 19.2. The van der Waals surface area contributed by atoms with Crippen LogP contribution >= 0.6 is 11.6 Å². The molecule has 2 aromatic rings. The number of halogens is 1. The molecular weight excluding hydrogens is 362 g/mol. The molecule has 1 saturated heterocycles. The maximum absolute atomic E-state index is 12.6. The van der Waals surface area contributed by atoms with Crippen molar-refractivity contribution in [3.05, 3.63) is 59.1 Å². The highest BCUT2D eigenvalue weighted by Crippen LogP contribution is 2.20. The molecule has 1 aliphatic rings. The number of nitrogens with one attached hydrogen (secondary N) is 2. The van der Waals surface area contributed by atoms with Crippen LogP contribution in [-0.2, 0) is 4.79 Å². The Morgan fingerprint density at radius 3 is 2.56 bits per heavy atom. The third-order valence-corrected chi connectivity index (χ3v) is 5.09. The van der Waals surface area contributed by atoms with Crippen molar-refractivity contribution < 1.29 is 9.59 Å². The van der Waals surface area contributed by atoms with Crippen molar-refractivity contribution in [1.82, 2.24) is 4.90 Å². The summed E-state index contributed by atoms with van der Waals surface area (Å²) in [6.45, 7) is 3.43. The molecule has 3 rings (SSSR count). The van der Waals surface area contributed by atoms with E-state index in [4.69, 9.17) is 11.6 Å². The van der Waals surface area contributed by atoms with E-state index in [1.165, 1.54) is 6.42 Å². The number of hydrogen-bond acceptors (Lipinski definition) is 3. The van der Waals surface area contributed by atoms with E-state index in [2.05, 4.69) is 22.5 Å². The van der Waals surface area contributed by atoms with Crippen LogP contribution < -0.4 is 10.6 Å². The van der Waals surface area contributed by atoms with E-state index in [9.17, 15) is 9.59 Å². The smallest absolute Gasteiger partial charge is 0.257 e. The molecule has 0 saturated carbocycles. The van der Waals surface area contributed by atoms with Crippen molar-refractivity contribution in [1.29, 1.82) is 0 Å². The van der Waals surface area contributed by atoms with Crippen LogP contribution in [0.2, 0.25) is 5.02 Å². The summed E-state index contributed by atoms with van der Waals surface area (Å²) in [7, 11) is 0. The van der Waals surface area contributed by atoms with Crippen LogP contribution in [0.5, 0.6) is 0 Å². The van der Waals surface area contributed by atoms with Gasteiger partial charge < -0.3 is 10.6 Å². The minimum absolute atomic E-state index is 0.101. The van der Waals surface area contributed by atoms with Crippen LogP contribution in [-0.4, -0.2) is 35.8 Å². The van der Waals surface area contributed by atoms with Crippen LogP contribution in [0.25, 0.3) is 0 Å². The fourth-order valence-electron chi connectivity index (χ4n) is 3.29. The summed E-state index contributed by atoms with van der Waals surface area (Å²) >= 11 is 5.87. The number of likely N-dealkylation sites (tertiary alicyclic amines) is 1. The average Bonchev–Trinajstić information content (AvgIpc) is 2.66. The van der Waals surface area contributed by atoms with Gasteiger partial charge in [0.25, 0.3) is 5.91 Å². The van der Waals surface area contributed by atoms with E-state index >= 15 is 0 Å². The number of nitrogens with zero attached hydrogens (tertiary/aromatic N) is 1. The molecule has 1 atom stereocenters. The predicted molar refractivity (Wildman–Crippen MR) is 109 cm³/mol. The molecule has 142 valence electrons. The largest absolute Gasteiger partial charge is 0.324 e. The van der Waals surface area contributed by atoms with Crippen molar-refractivity contribution in [3.63, 3.8) is 0 Å². The van der Waals surface area contributed by atoms with E-state index < -0.39 is 0 Å². The first-order valence-corrected chi connectivity index (χ1v) is 9.60. The SMILES string of the molecule is CC1CCCCN1CC(=O)Nc1ccccc1C(=O)Nc1ccc(Cl)cc1. The highest BCUT2D eigenvalue weighted by molar-refractivity contribution is 6.30. The average molecular weight is 386 g/mol. The summed E-state index contributed by atoms with van der Waals surface area (Å²) in [5.74, 6) is -0.380. The Kier molecular flexibility index (Phi) is 6.48. The highest BCUT2D eigenvalue weighted by Gasteiger charge is 2.21. The van der Waals surface area contributed by atoms with E-state index in [0.717, 1.165) is 19.4 Å². The number of hydrogen-bond donors (Lipinski definition) is 2. The van der Waals surface area contributed by atoms with Crippen LogP contribution in [0.3, 0.4) is 0 Å². The third kappa shape index (κ3) is 5.31. The minimum atomic E-state index is -0.278. The first-order valence-electron chi connectivity index (χ1n) is 9.23. The molecule has 0 aliphatic carbocycles. The summed E-state index contributed by atoms with van der Waals surface area (Å²) in [5.41, 5.74) is 1.58. The standard InChI is InChI=1S/C21H24ClN3O2/c1-15-6-4-5-13-25(15)14-20(26)24-19-8-3-2-7-18(19)21(27)23-17-11-9-16(22)10-12-17/h2-3,7-12,15H,4-6,13-14H2,1H3,(H,23,27)(H,24,26). The molecule has 1 aliphatic heterocycles. The summed E-state index contributed by atoms with van der Waals surface area (Å²) < 4.78 is 0. The molecule has 5 nitrogen and oxygen atoms in total. The molecule has 0 radical (unpaired) electrons. The molecule has 2 N–H and O–H groups in total. The number of amides is 2. The molecule has 0 bridgehead atoms. The van der Waals surface area contributed by atoms with Crippen molar-refractivity contribution in [2.45, 2.75) is 32.2 Å². The Hall–Kier alpha value is -2.37. The Morgan fingerprint density at radius 2 is 1.81 bits per heavy atom. The lowest BCUT2D eigenvalue weighted by Crippen LogP contribution is -2.42. The van der Waals surface area contributed by atoms with Gasteiger partial charge in [0.05, 0.1) is 17.8 Å². The summed E-state index contributed by atoms with van der Waals surface area (Å²) in [6, 6.07) is 14.3. The summed E-state index contributed by atoms with van der Waals surface area (Å²) in [5, 5.41) is 6.32. The number of benzene rings is 2.